The largest absolute Gasteiger partial charge is 0.336 e. The van der Waals surface area contributed by atoms with Crippen molar-refractivity contribution in [2.24, 2.45) is 12.0 Å². The molecule has 1 aromatic heterocycles. The van der Waals surface area contributed by atoms with Crippen molar-refractivity contribution in [3.63, 3.8) is 0 Å². The lowest BCUT2D eigenvalue weighted by atomic mass is 9.88. The summed E-state index contributed by atoms with van der Waals surface area (Å²) in [6, 6.07) is 4.29. The van der Waals surface area contributed by atoms with Gasteiger partial charge in [-0.2, -0.15) is 0 Å². The molecule has 0 saturated heterocycles. The molecule has 0 aliphatic carbocycles. The maximum atomic E-state index is 4.21. The Hall–Kier alpha value is -1.05. The molecule has 0 fully saturated rings. The molecule has 0 aromatic carbocycles. The number of hydrogen-bond acceptors (Lipinski definition) is 1. The number of hydrogen-bond donors (Lipinski definition) is 0. The van der Waals surface area contributed by atoms with Crippen molar-refractivity contribution < 1.29 is 0 Å². The Morgan fingerprint density at radius 3 is 2.38 bits per heavy atom. The van der Waals surface area contributed by atoms with Gasteiger partial charge in [0.2, 0.25) is 0 Å². The van der Waals surface area contributed by atoms with Gasteiger partial charge in [0.25, 0.3) is 0 Å². The van der Waals surface area contributed by atoms with Crippen LogP contribution in [0.25, 0.3) is 0 Å². The van der Waals surface area contributed by atoms with Gasteiger partial charge in [-0.3, -0.25) is 4.99 Å². The zero-order valence-corrected chi connectivity index (χ0v) is 9.13. The Morgan fingerprint density at radius 1 is 1.31 bits per heavy atom. The van der Waals surface area contributed by atoms with Crippen molar-refractivity contribution in [2.45, 2.75) is 26.2 Å². The summed E-state index contributed by atoms with van der Waals surface area (Å²) in [6.45, 7) is 6.63. The second-order valence-electron chi connectivity index (χ2n) is 4.36. The van der Waals surface area contributed by atoms with E-state index >= 15 is 0 Å². The second-order valence-corrected chi connectivity index (χ2v) is 4.36. The first kappa shape index (κ1) is 10.0. The van der Waals surface area contributed by atoms with E-state index in [9.17, 15) is 0 Å². The molecule has 2 heteroatoms. The minimum absolute atomic E-state index is 0.202. The van der Waals surface area contributed by atoms with Crippen LogP contribution >= 0.6 is 0 Å². The standard InChI is InChI=1S/C11H18N2/c1-11(2,3)9-6-7-13(5)10(8-9)12-4/h6-8H,1-5H3. The maximum absolute atomic E-state index is 4.21. The second kappa shape index (κ2) is 3.36. The third-order valence-electron chi connectivity index (χ3n) is 2.22. The highest BCUT2D eigenvalue weighted by Crippen LogP contribution is 2.19. The summed E-state index contributed by atoms with van der Waals surface area (Å²) in [7, 11) is 3.83. The van der Waals surface area contributed by atoms with Gasteiger partial charge in [0.1, 0.15) is 5.49 Å². The molecule has 2 nitrogen and oxygen atoms in total. The van der Waals surface area contributed by atoms with Gasteiger partial charge < -0.3 is 4.57 Å². The SMILES string of the molecule is CN=c1cc(C(C)(C)C)ccn1C. The fourth-order valence-electron chi connectivity index (χ4n) is 1.25. The fraction of sp³-hybridized carbons (Fsp3) is 0.545. The predicted molar refractivity (Wildman–Crippen MR) is 55.6 cm³/mol. The van der Waals surface area contributed by atoms with Gasteiger partial charge in [-0.1, -0.05) is 20.8 Å². The van der Waals surface area contributed by atoms with Crippen molar-refractivity contribution in [3.8, 4) is 0 Å². The number of pyridine rings is 1. The van der Waals surface area contributed by atoms with Crippen LogP contribution in [0, 0.1) is 0 Å². The summed E-state index contributed by atoms with van der Waals surface area (Å²) in [5.74, 6) is 0. The van der Waals surface area contributed by atoms with Crippen LogP contribution in [0.3, 0.4) is 0 Å². The van der Waals surface area contributed by atoms with Crippen LogP contribution in [0.4, 0.5) is 0 Å². The van der Waals surface area contributed by atoms with Gasteiger partial charge in [-0.25, -0.2) is 0 Å². The van der Waals surface area contributed by atoms with Gasteiger partial charge in [-0.05, 0) is 23.1 Å². The summed E-state index contributed by atoms with van der Waals surface area (Å²) in [6.07, 6.45) is 2.06. The monoisotopic (exact) mass is 178 g/mol. The van der Waals surface area contributed by atoms with E-state index in [0.717, 1.165) is 5.49 Å². The van der Waals surface area contributed by atoms with Crippen molar-refractivity contribution in [1.29, 1.82) is 0 Å². The quantitative estimate of drug-likeness (QED) is 0.577. The molecule has 0 spiro atoms. The third kappa shape index (κ3) is 2.20. The molecule has 1 rings (SSSR count). The Bertz CT molecular complexity index is 353. The van der Waals surface area contributed by atoms with E-state index in [-0.39, 0.29) is 5.41 Å². The van der Waals surface area contributed by atoms with Crippen LogP contribution in [0.15, 0.2) is 23.3 Å². The lowest BCUT2D eigenvalue weighted by molar-refractivity contribution is 0.584. The molecule has 0 unspecified atom stereocenters. The molecule has 72 valence electrons. The number of aromatic nitrogens is 1. The molecule has 1 aromatic rings. The van der Waals surface area contributed by atoms with E-state index < -0.39 is 0 Å². The molecule has 13 heavy (non-hydrogen) atoms. The van der Waals surface area contributed by atoms with E-state index in [1.807, 2.05) is 18.7 Å². The molecule has 0 atom stereocenters. The van der Waals surface area contributed by atoms with E-state index in [1.165, 1.54) is 5.56 Å². The smallest absolute Gasteiger partial charge is 0.127 e. The van der Waals surface area contributed by atoms with E-state index in [1.54, 1.807) is 0 Å². The molecule has 0 bridgehead atoms. The van der Waals surface area contributed by atoms with Crippen LogP contribution in [0.1, 0.15) is 26.3 Å². The predicted octanol–water partition coefficient (Wildman–Crippen LogP) is 1.85. The van der Waals surface area contributed by atoms with E-state index in [4.69, 9.17) is 0 Å². The number of rotatable bonds is 0. The Labute approximate surface area is 79.9 Å². The maximum Gasteiger partial charge on any atom is 0.127 e. The number of nitrogens with zero attached hydrogens (tertiary/aromatic N) is 2. The molecule has 0 saturated carbocycles. The van der Waals surface area contributed by atoms with Crippen LogP contribution in [-0.2, 0) is 12.5 Å². The molecule has 0 radical (unpaired) electrons. The minimum atomic E-state index is 0.202. The van der Waals surface area contributed by atoms with Crippen LogP contribution in [0.5, 0.6) is 0 Å². The molecule has 0 amide bonds. The summed E-state index contributed by atoms with van der Waals surface area (Å²) in [5, 5.41) is 0. The van der Waals surface area contributed by atoms with Gasteiger partial charge >= 0.3 is 0 Å². The molecule has 1 heterocycles. The first-order chi connectivity index (χ1) is 5.95. The topological polar surface area (TPSA) is 17.3 Å². The summed E-state index contributed by atoms with van der Waals surface area (Å²) < 4.78 is 2.02. The highest BCUT2D eigenvalue weighted by molar-refractivity contribution is 5.19. The van der Waals surface area contributed by atoms with Crippen molar-refractivity contribution in [3.05, 3.63) is 29.4 Å². The molecule has 0 aliphatic heterocycles. The normalized spacial score (nSPS) is 13.5. The van der Waals surface area contributed by atoms with Gasteiger partial charge in [0.15, 0.2) is 0 Å². The Morgan fingerprint density at radius 2 is 1.92 bits per heavy atom. The fourth-order valence-corrected chi connectivity index (χ4v) is 1.25. The molecular formula is C11H18N2. The third-order valence-corrected chi connectivity index (χ3v) is 2.22. The Kier molecular flexibility index (Phi) is 2.60. The van der Waals surface area contributed by atoms with Gasteiger partial charge in [-0.15, -0.1) is 0 Å². The summed E-state index contributed by atoms with van der Waals surface area (Å²) in [4.78, 5) is 4.21. The van der Waals surface area contributed by atoms with Gasteiger partial charge in [0.05, 0.1) is 0 Å². The molecular weight excluding hydrogens is 160 g/mol. The molecule has 0 N–H and O–H groups in total. The van der Waals surface area contributed by atoms with Gasteiger partial charge in [0, 0.05) is 20.3 Å². The zero-order chi connectivity index (χ0) is 10.1. The highest BCUT2D eigenvalue weighted by atomic mass is 15.0. The average molecular weight is 178 g/mol. The minimum Gasteiger partial charge on any atom is -0.336 e. The van der Waals surface area contributed by atoms with Crippen molar-refractivity contribution in [2.75, 3.05) is 7.05 Å². The van der Waals surface area contributed by atoms with Crippen LogP contribution in [0.2, 0.25) is 0 Å². The molecule has 0 aliphatic rings. The number of aryl methyl sites for hydroxylation is 1. The van der Waals surface area contributed by atoms with E-state index in [2.05, 4.69) is 44.1 Å². The first-order valence-corrected chi connectivity index (χ1v) is 4.55. The lowest BCUT2D eigenvalue weighted by Gasteiger charge is -2.19. The lowest BCUT2D eigenvalue weighted by Crippen LogP contribution is -2.21. The Balaban J connectivity index is 3.31. The van der Waals surface area contributed by atoms with Crippen LogP contribution < -0.4 is 5.49 Å². The first-order valence-electron chi connectivity index (χ1n) is 4.55. The summed E-state index contributed by atoms with van der Waals surface area (Å²) >= 11 is 0. The van der Waals surface area contributed by atoms with E-state index in [0.29, 0.717) is 0 Å². The van der Waals surface area contributed by atoms with Crippen molar-refractivity contribution >= 4 is 0 Å². The van der Waals surface area contributed by atoms with Crippen molar-refractivity contribution in [1.82, 2.24) is 4.57 Å². The average Bonchev–Trinajstić information content (AvgIpc) is 2.03. The zero-order valence-electron chi connectivity index (χ0n) is 9.13. The van der Waals surface area contributed by atoms with Crippen LogP contribution in [-0.4, -0.2) is 11.6 Å². The highest BCUT2D eigenvalue weighted by Gasteiger charge is 2.13. The summed E-state index contributed by atoms with van der Waals surface area (Å²) in [5.41, 5.74) is 2.55.